The SMILES string of the molecule is CC.CCCC.CCN(CC)C1CCN(S(=O)(=O)c2ccc(C(C)C)cc2)CC1. The van der Waals surface area contributed by atoms with Gasteiger partial charge in [0.05, 0.1) is 4.90 Å². The molecule has 1 aromatic rings. The molecule has 29 heavy (non-hydrogen) atoms. The Hall–Kier alpha value is -0.910. The van der Waals surface area contributed by atoms with Crippen LogP contribution in [0.3, 0.4) is 0 Å². The Bertz CT molecular complexity index is 613. The van der Waals surface area contributed by atoms with Crippen LogP contribution in [0.4, 0.5) is 0 Å². The van der Waals surface area contributed by atoms with E-state index in [1.165, 1.54) is 18.4 Å². The fraction of sp³-hybridized carbons (Fsp3) is 0.750. The summed E-state index contributed by atoms with van der Waals surface area (Å²) in [5.41, 5.74) is 1.17. The van der Waals surface area contributed by atoms with Crippen molar-refractivity contribution in [1.82, 2.24) is 9.21 Å². The minimum Gasteiger partial charge on any atom is -0.301 e. The van der Waals surface area contributed by atoms with E-state index < -0.39 is 10.0 Å². The number of benzene rings is 1. The lowest BCUT2D eigenvalue weighted by Crippen LogP contribution is -2.46. The normalized spacial score (nSPS) is 15.5. The highest BCUT2D eigenvalue weighted by Gasteiger charge is 2.30. The van der Waals surface area contributed by atoms with Crippen LogP contribution in [-0.2, 0) is 10.0 Å². The number of hydrogen-bond acceptors (Lipinski definition) is 3. The smallest absolute Gasteiger partial charge is 0.243 e. The van der Waals surface area contributed by atoms with E-state index in [2.05, 4.69) is 46.4 Å². The highest BCUT2D eigenvalue weighted by molar-refractivity contribution is 7.89. The zero-order chi connectivity index (χ0) is 22.4. The van der Waals surface area contributed by atoms with Gasteiger partial charge in [-0.25, -0.2) is 8.42 Å². The van der Waals surface area contributed by atoms with Gasteiger partial charge in [-0.05, 0) is 49.5 Å². The van der Waals surface area contributed by atoms with Crippen molar-refractivity contribution < 1.29 is 8.42 Å². The van der Waals surface area contributed by atoms with Crippen LogP contribution in [0.1, 0.15) is 92.6 Å². The monoisotopic (exact) mass is 426 g/mol. The van der Waals surface area contributed by atoms with E-state index in [9.17, 15) is 8.42 Å². The summed E-state index contributed by atoms with van der Waals surface area (Å²) >= 11 is 0. The van der Waals surface area contributed by atoms with Gasteiger partial charge in [-0.3, -0.25) is 0 Å². The molecular formula is C24H46N2O2S. The summed E-state index contributed by atoms with van der Waals surface area (Å²) in [5.74, 6) is 0.413. The third-order valence-corrected chi connectivity index (χ3v) is 7.35. The van der Waals surface area contributed by atoms with Gasteiger partial charge < -0.3 is 4.90 Å². The molecule has 1 saturated heterocycles. The fourth-order valence-corrected chi connectivity index (χ4v) is 4.83. The van der Waals surface area contributed by atoms with Crippen molar-refractivity contribution in [3.63, 3.8) is 0 Å². The first-order valence-electron chi connectivity index (χ1n) is 11.7. The maximum absolute atomic E-state index is 12.8. The Morgan fingerprint density at radius 1 is 0.931 bits per heavy atom. The quantitative estimate of drug-likeness (QED) is 0.526. The molecule has 0 N–H and O–H groups in total. The fourth-order valence-electron chi connectivity index (χ4n) is 3.36. The summed E-state index contributed by atoms with van der Waals surface area (Å²) in [4.78, 5) is 2.85. The zero-order valence-corrected chi connectivity index (χ0v) is 21.1. The minimum atomic E-state index is -3.35. The Kier molecular flexibility index (Phi) is 14.5. The van der Waals surface area contributed by atoms with Crippen LogP contribution in [0, 0.1) is 0 Å². The van der Waals surface area contributed by atoms with Gasteiger partial charge in [0.1, 0.15) is 0 Å². The Morgan fingerprint density at radius 3 is 1.72 bits per heavy atom. The zero-order valence-electron chi connectivity index (χ0n) is 20.2. The van der Waals surface area contributed by atoms with Crippen LogP contribution >= 0.6 is 0 Å². The van der Waals surface area contributed by atoms with Crippen LogP contribution in [0.25, 0.3) is 0 Å². The minimum absolute atomic E-state index is 0.413. The number of hydrogen-bond donors (Lipinski definition) is 0. The van der Waals surface area contributed by atoms with Crippen LogP contribution in [0.5, 0.6) is 0 Å². The van der Waals surface area contributed by atoms with Crippen molar-refractivity contribution in [3.8, 4) is 0 Å². The summed E-state index contributed by atoms with van der Waals surface area (Å²) in [6.07, 6.45) is 4.48. The van der Waals surface area contributed by atoms with Crippen molar-refractivity contribution in [3.05, 3.63) is 29.8 Å². The molecule has 0 aromatic heterocycles. The molecular weight excluding hydrogens is 380 g/mol. The first-order valence-corrected chi connectivity index (χ1v) is 13.1. The number of rotatable bonds is 7. The summed E-state index contributed by atoms with van der Waals surface area (Å²) in [7, 11) is -3.35. The van der Waals surface area contributed by atoms with Crippen LogP contribution in [-0.4, -0.2) is 49.8 Å². The first kappa shape index (κ1) is 28.1. The molecule has 0 aliphatic carbocycles. The molecule has 4 nitrogen and oxygen atoms in total. The molecule has 0 unspecified atom stereocenters. The highest BCUT2D eigenvalue weighted by Crippen LogP contribution is 2.24. The lowest BCUT2D eigenvalue weighted by atomic mass is 10.0. The van der Waals surface area contributed by atoms with Gasteiger partial charge in [-0.2, -0.15) is 4.31 Å². The van der Waals surface area contributed by atoms with Crippen molar-refractivity contribution >= 4 is 10.0 Å². The molecule has 1 aliphatic rings. The molecule has 170 valence electrons. The van der Waals surface area contributed by atoms with Gasteiger partial charge in [0.2, 0.25) is 10.0 Å². The molecule has 0 atom stereocenters. The predicted octanol–water partition coefficient (Wildman–Crippen LogP) is 6.14. The average Bonchev–Trinajstić information content (AvgIpc) is 2.76. The third kappa shape index (κ3) is 8.77. The topological polar surface area (TPSA) is 40.6 Å². The van der Waals surface area contributed by atoms with E-state index in [1.54, 1.807) is 16.4 Å². The predicted molar refractivity (Wildman–Crippen MR) is 127 cm³/mol. The second-order valence-corrected chi connectivity index (χ2v) is 9.52. The molecule has 0 radical (unpaired) electrons. The molecule has 1 aliphatic heterocycles. The lowest BCUT2D eigenvalue weighted by molar-refractivity contribution is 0.152. The van der Waals surface area contributed by atoms with Crippen LogP contribution < -0.4 is 0 Å². The maximum Gasteiger partial charge on any atom is 0.243 e. The largest absolute Gasteiger partial charge is 0.301 e. The molecule has 1 fully saturated rings. The van der Waals surface area contributed by atoms with E-state index in [1.807, 2.05) is 26.0 Å². The maximum atomic E-state index is 12.8. The van der Waals surface area contributed by atoms with E-state index in [4.69, 9.17) is 0 Å². The summed E-state index contributed by atoms with van der Waals surface area (Å²) in [6.45, 7) is 20.2. The Balaban J connectivity index is 0.00000116. The molecule has 0 saturated carbocycles. The van der Waals surface area contributed by atoms with Gasteiger partial charge in [-0.15, -0.1) is 0 Å². The number of sulfonamides is 1. The number of nitrogens with zero attached hydrogens (tertiary/aromatic N) is 2. The molecule has 1 aromatic carbocycles. The van der Waals surface area contributed by atoms with Gasteiger partial charge in [0, 0.05) is 19.1 Å². The van der Waals surface area contributed by atoms with Crippen molar-refractivity contribution in [1.29, 1.82) is 0 Å². The summed E-state index contributed by atoms with van der Waals surface area (Å²) < 4.78 is 27.2. The van der Waals surface area contributed by atoms with Crippen LogP contribution in [0.15, 0.2) is 29.2 Å². The Labute approximate surface area is 181 Å². The second kappa shape index (κ2) is 15.0. The molecule has 2 rings (SSSR count). The standard InChI is InChI=1S/C18H30N2O2S.C4H10.C2H6/c1-5-19(6-2)17-11-13-20(14-12-17)23(21,22)18-9-7-16(8-10-18)15(3)4;1-3-4-2;1-2/h7-10,15,17H,5-6,11-14H2,1-4H3;3-4H2,1-2H3;1-2H3. The number of piperidine rings is 1. The average molecular weight is 427 g/mol. The van der Waals surface area contributed by atoms with Crippen molar-refractivity contribution in [2.75, 3.05) is 26.2 Å². The summed E-state index contributed by atoms with van der Waals surface area (Å²) in [6, 6.07) is 7.88. The summed E-state index contributed by atoms with van der Waals surface area (Å²) in [5, 5.41) is 0. The molecule has 0 spiro atoms. The molecule has 0 bridgehead atoms. The van der Waals surface area contributed by atoms with Gasteiger partial charge in [0.25, 0.3) is 0 Å². The van der Waals surface area contributed by atoms with Gasteiger partial charge >= 0.3 is 0 Å². The van der Waals surface area contributed by atoms with E-state index in [-0.39, 0.29) is 0 Å². The third-order valence-electron chi connectivity index (χ3n) is 5.44. The van der Waals surface area contributed by atoms with Crippen molar-refractivity contribution in [2.45, 2.75) is 97.9 Å². The lowest BCUT2D eigenvalue weighted by Gasteiger charge is -2.37. The van der Waals surface area contributed by atoms with E-state index in [0.717, 1.165) is 25.9 Å². The molecule has 5 heteroatoms. The molecule has 0 amide bonds. The van der Waals surface area contributed by atoms with Gasteiger partial charge in [-0.1, -0.05) is 80.4 Å². The first-order chi connectivity index (χ1) is 13.8. The molecule has 1 heterocycles. The van der Waals surface area contributed by atoms with Gasteiger partial charge in [0.15, 0.2) is 0 Å². The van der Waals surface area contributed by atoms with Crippen molar-refractivity contribution in [2.24, 2.45) is 0 Å². The highest BCUT2D eigenvalue weighted by atomic mass is 32.2. The van der Waals surface area contributed by atoms with Crippen LogP contribution in [0.2, 0.25) is 0 Å². The Morgan fingerprint density at radius 2 is 1.38 bits per heavy atom. The van der Waals surface area contributed by atoms with E-state index in [0.29, 0.717) is 29.9 Å². The second-order valence-electron chi connectivity index (χ2n) is 7.58. The van der Waals surface area contributed by atoms with E-state index >= 15 is 0 Å². The number of unbranched alkanes of at least 4 members (excludes halogenated alkanes) is 1.